The molecular formula is C31H29FN2O4. The molecule has 2 atom stereocenters. The minimum Gasteiger partial charge on any atom is -0.455 e. The molecule has 2 heterocycles. The molecule has 1 aromatic heterocycles. The molecule has 1 fully saturated rings. The Labute approximate surface area is 220 Å². The molecule has 1 aliphatic heterocycles. The van der Waals surface area contributed by atoms with Gasteiger partial charge in [0.2, 0.25) is 0 Å². The van der Waals surface area contributed by atoms with Crippen LogP contribution in [0.4, 0.5) is 4.39 Å². The Hall–Kier alpha value is -4.23. The lowest BCUT2D eigenvalue weighted by Crippen LogP contribution is -2.40. The topological polar surface area (TPSA) is 82.8 Å². The molecule has 2 N–H and O–H groups in total. The smallest absolute Gasteiger partial charge is 0.255 e. The molecule has 0 saturated carbocycles. The first-order chi connectivity index (χ1) is 18.4. The summed E-state index contributed by atoms with van der Waals surface area (Å²) in [6.07, 6.45) is 4.83. The second-order valence-corrected chi connectivity index (χ2v) is 9.41. The van der Waals surface area contributed by atoms with Gasteiger partial charge >= 0.3 is 0 Å². The van der Waals surface area contributed by atoms with E-state index in [1.165, 1.54) is 12.1 Å². The van der Waals surface area contributed by atoms with Gasteiger partial charge in [0.05, 0.1) is 18.2 Å². The maximum Gasteiger partial charge on any atom is 0.255 e. The van der Waals surface area contributed by atoms with Crippen molar-refractivity contribution >= 4 is 22.8 Å². The predicted octanol–water partition coefficient (Wildman–Crippen LogP) is 5.66. The van der Waals surface area contributed by atoms with Crippen LogP contribution in [0.25, 0.3) is 33.4 Å². The standard InChI is InChI=1S/C31H29FN2O4/c1-3-5-19-14-15-34(26(19)18-35)31(37)23-7-4-6-21(16-23)22-10-13-27-25(17-22)28(30(36)33-2)29(38-27)20-8-11-24(32)12-9-20/h3-13,16-17,19,26,35H,14-15,18H2,1-2H3,(H,33,36). The van der Waals surface area contributed by atoms with Crippen molar-refractivity contribution in [2.45, 2.75) is 19.4 Å². The normalized spacial score (nSPS) is 17.4. The SMILES string of the molecule is CC=CC1CCN(C(=O)c2cccc(-c3ccc4oc(-c5ccc(F)cc5)c(C(=O)NC)c4c3)c2)C1CO. The zero-order valence-corrected chi connectivity index (χ0v) is 21.3. The second kappa shape index (κ2) is 10.6. The molecule has 194 valence electrons. The van der Waals surface area contributed by atoms with Crippen LogP contribution in [0, 0.1) is 11.7 Å². The van der Waals surface area contributed by atoms with E-state index in [4.69, 9.17) is 4.42 Å². The maximum atomic E-state index is 13.5. The van der Waals surface area contributed by atoms with Crippen LogP contribution in [-0.2, 0) is 0 Å². The van der Waals surface area contributed by atoms with Gasteiger partial charge in [-0.25, -0.2) is 4.39 Å². The molecule has 0 aliphatic carbocycles. The Bertz CT molecular complexity index is 1520. The molecule has 3 aromatic carbocycles. The van der Waals surface area contributed by atoms with E-state index < -0.39 is 0 Å². The number of hydrogen-bond donors (Lipinski definition) is 2. The average molecular weight is 513 g/mol. The average Bonchev–Trinajstić information content (AvgIpc) is 3.53. The van der Waals surface area contributed by atoms with Crippen molar-refractivity contribution in [3.05, 3.63) is 95.8 Å². The van der Waals surface area contributed by atoms with E-state index in [-0.39, 0.29) is 36.2 Å². The summed E-state index contributed by atoms with van der Waals surface area (Å²) in [6.45, 7) is 2.44. The van der Waals surface area contributed by atoms with Gasteiger partial charge in [-0.2, -0.15) is 0 Å². The van der Waals surface area contributed by atoms with E-state index in [2.05, 4.69) is 11.4 Å². The zero-order chi connectivity index (χ0) is 26.8. The van der Waals surface area contributed by atoms with Crippen molar-refractivity contribution in [2.75, 3.05) is 20.2 Å². The van der Waals surface area contributed by atoms with Crippen LogP contribution < -0.4 is 5.32 Å². The number of furan rings is 1. The highest BCUT2D eigenvalue weighted by Crippen LogP contribution is 2.36. The van der Waals surface area contributed by atoms with Crippen LogP contribution in [0.3, 0.4) is 0 Å². The number of aliphatic hydroxyl groups is 1. The van der Waals surface area contributed by atoms with Gasteiger partial charge in [-0.1, -0.05) is 30.4 Å². The Morgan fingerprint density at radius 2 is 1.82 bits per heavy atom. The minimum absolute atomic E-state index is 0.0871. The van der Waals surface area contributed by atoms with Crippen LogP contribution in [0.5, 0.6) is 0 Å². The van der Waals surface area contributed by atoms with E-state index >= 15 is 0 Å². The largest absolute Gasteiger partial charge is 0.455 e. The summed E-state index contributed by atoms with van der Waals surface area (Å²) >= 11 is 0. The summed E-state index contributed by atoms with van der Waals surface area (Å²) in [4.78, 5) is 28.1. The number of amides is 2. The number of allylic oxidation sites excluding steroid dienone is 1. The van der Waals surface area contributed by atoms with Crippen LogP contribution in [0.15, 0.2) is 83.3 Å². The van der Waals surface area contributed by atoms with Crippen LogP contribution >= 0.6 is 0 Å². The molecule has 0 radical (unpaired) electrons. The number of hydrogen-bond acceptors (Lipinski definition) is 4. The van der Waals surface area contributed by atoms with Crippen molar-refractivity contribution in [3.8, 4) is 22.5 Å². The highest BCUT2D eigenvalue weighted by molar-refractivity contribution is 6.11. The molecular weight excluding hydrogens is 483 g/mol. The highest BCUT2D eigenvalue weighted by Gasteiger charge is 2.35. The molecule has 2 unspecified atom stereocenters. The Morgan fingerprint density at radius 3 is 2.53 bits per heavy atom. The number of rotatable bonds is 6. The zero-order valence-electron chi connectivity index (χ0n) is 21.3. The number of carbonyl (C=O) groups excluding carboxylic acids is 2. The van der Waals surface area contributed by atoms with Gasteiger partial charge in [-0.15, -0.1) is 0 Å². The Kier molecular flexibility index (Phi) is 7.11. The van der Waals surface area contributed by atoms with Crippen LogP contribution in [0.1, 0.15) is 34.1 Å². The van der Waals surface area contributed by atoms with Gasteiger partial charge in [0.15, 0.2) is 0 Å². The highest BCUT2D eigenvalue weighted by atomic mass is 19.1. The van der Waals surface area contributed by atoms with Gasteiger partial charge in [-0.3, -0.25) is 9.59 Å². The molecule has 5 rings (SSSR count). The third-order valence-electron chi connectivity index (χ3n) is 7.18. The molecule has 0 bridgehead atoms. The van der Waals surface area contributed by atoms with E-state index in [1.807, 2.05) is 43.3 Å². The van der Waals surface area contributed by atoms with Gasteiger partial charge in [0.25, 0.3) is 11.8 Å². The number of likely N-dealkylation sites (tertiary alicyclic amines) is 1. The fourth-order valence-electron chi connectivity index (χ4n) is 5.27. The number of nitrogens with one attached hydrogen (secondary N) is 1. The van der Waals surface area contributed by atoms with Crippen LogP contribution in [0.2, 0.25) is 0 Å². The van der Waals surface area contributed by atoms with E-state index in [0.29, 0.717) is 40.0 Å². The summed E-state index contributed by atoms with van der Waals surface area (Å²) in [5.74, 6) is -0.310. The third kappa shape index (κ3) is 4.61. The molecule has 2 amide bonds. The lowest BCUT2D eigenvalue weighted by atomic mass is 9.98. The fraction of sp³-hybridized carbons (Fsp3) is 0.226. The molecule has 1 aliphatic rings. The first-order valence-corrected chi connectivity index (χ1v) is 12.6. The van der Waals surface area contributed by atoms with Crippen molar-refractivity contribution in [1.82, 2.24) is 10.2 Å². The molecule has 1 saturated heterocycles. The van der Waals surface area contributed by atoms with Gasteiger partial charge in [0.1, 0.15) is 17.2 Å². The van der Waals surface area contributed by atoms with E-state index in [0.717, 1.165) is 17.5 Å². The lowest BCUT2D eigenvalue weighted by Gasteiger charge is -2.25. The number of aliphatic hydroxyl groups excluding tert-OH is 1. The monoisotopic (exact) mass is 512 g/mol. The van der Waals surface area contributed by atoms with Crippen LogP contribution in [-0.4, -0.2) is 48.1 Å². The molecule has 0 spiro atoms. The number of nitrogens with zero attached hydrogens (tertiary/aromatic N) is 1. The number of halogens is 1. The lowest BCUT2D eigenvalue weighted by molar-refractivity contribution is 0.0657. The number of fused-ring (bicyclic) bond motifs is 1. The molecule has 4 aromatic rings. The summed E-state index contributed by atoms with van der Waals surface area (Å²) in [5, 5.41) is 13.3. The summed E-state index contributed by atoms with van der Waals surface area (Å²) < 4.78 is 19.6. The Morgan fingerprint density at radius 1 is 1.08 bits per heavy atom. The molecule has 38 heavy (non-hydrogen) atoms. The van der Waals surface area contributed by atoms with Crippen molar-refractivity contribution in [3.63, 3.8) is 0 Å². The van der Waals surface area contributed by atoms with Gasteiger partial charge in [0, 0.05) is 36.0 Å². The number of carbonyl (C=O) groups is 2. The number of benzene rings is 3. The van der Waals surface area contributed by atoms with Gasteiger partial charge < -0.3 is 19.7 Å². The first-order valence-electron chi connectivity index (χ1n) is 12.6. The minimum atomic E-state index is -0.375. The quantitative estimate of drug-likeness (QED) is 0.327. The summed E-state index contributed by atoms with van der Waals surface area (Å²) in [6, 6.07) is 18.5. The molecule has 7 heteroatoms. The Balaban J connectivity index is 1.53. The van der Waals surface area contributed by atoms with Gasteiger partial charge in [-0.05, 0) is 73.0 Å². The second-order valence-electron chi connectivity index (χ2n) is 9.41. The van der Waals surface area contributed by atoms with E-state index in [9.17, 15) is 19.1 Å². The summed E-state index contributed by atoms with van der Waals surface area (Å²) in [7, 11) is 1.55. The van der Waals surface area contributed by atoms with Crippen molar-refractivity contribution in [2.24, 2.45) is 5.92 Å². The maximum absolute atomic E-state index is 13.5. The van der Waals surface area contributed by atoms with E-state index in [1.54, 1.807) is 36.2 Å². The first kappa shape index (κ1) is 25.4. The van der Waals surface area contributed by atoms with Crippen molar-refractivity contribution < 1.29 is 23.5 Å². The predicted molar refractivity (Wildman–Crippen MR) is 145 cm³/mol. The fourth-order valence-corrected chi connectivity index (χ4v) is 5.27. The van der Waals surface area contributed by atoms with Crippen molar-refractivity contribution in [1.29, 1.82) is 0 Å². The third-order valence-corrected chi connectivity index (χ3v) is 7.18. The summed E-state index contributed by atoms with van der Waals surface area (Å²) in [5.41, 5.74) is 3.65. The molecule has 6 nitrogen and oxygen atoms in total.